The van der Waals surface area contributed by atoms with Gasteiger partial charge in [0, 0.05) is 25.8 Å². The monoisotopic (exact) mass is 225 g/mol. The van der Waals surface area contributed by atoms with Gasteiger partial charge >= 0.3 is 0 Å². The average Bonchev–Trinajstić information content (AvgIpc) is 2.69. The number of phenols is 1. The Morgan fingerprint density at radius 3 is 3.00 bits per heavy atom. The van der Waals surface area contributed by atoms with Crippen LogP contribution in [-0.2, 0) is 11.3 Å². The molecule has 16 heavy (non-hydrogen) atoms. The van der Waals surface area contributed by atoms with E-state index in [-0.39, 0.29) is 11.9 Å². The van der Waals surface area contributed by atoms with E-state index in [9.17, 15) is 9.50 Å². The van der Waals surface area contributed by atoms with E-state index >= 15 is 0 Å². The highest BCUT2D eigenvalue weighted by atomic mass is 19.1. The van der Waals surface area contributed by atoms with Crippen LogP contribution in [0.3, 0.4) is 0 Å². The number of halogens is 1. The molecule has 0 aliphatic carbocycles. The number of hydrogen-bond donors (Lipinski definition) is 2. The molecule has 0 radical (unpaired) electrons. The highest BCUT2D eigenvalue weighted by molar-refractivity contribution is 5.28. The molecule has 0 spiro atoms. The second-order valence-electron chi connectivity index (χ2n) is 4.08. The summed E-state index contributed by atoms with van der Waals surface area (Å²) in [5.74, 6) is -0.442. The van der Waals surface area contributed by atoms with E-state index in [0.29, 0.717) is 6.54 Å². The minimum Gasteiger partial charge on any atom is -0.508 e. The number of nitrogens with one attached hydrogen (secondary N) is 1. The SMILES string of the molecule is Oc1cc(F)cc(CNCC2CCCO2)c1. The highest BCUT2D eigenvalue weighted by Gasteiger charge is 2.14. The largest absolute Gasteiger partial charge is 0.508 e. The lowest BCUT2D eigenvalue weighted by Gasteiger charge is -2.10. The third-order valence-electron chi connectivity index (χ3n) is 2.67. The maximum Gasteiger partial charge on any atom is 0.127 e. The van der Waals surface area contributed by atoms with Crippen molar-refractivity contribution < 1.29 is 14.2 Å². The zero-order valence-electron chi connectivity index (χ0n) is 9.08. The second kappa shape index (κ2) is 5.27. The van der Waals surface area contributed by atoms with Gasteiger partial charge < -0.3 is 15.2 Å². The van der Waals surface area contributed by atoms with Crippen molar-refractivity contribution in [1.82, 2.24) is 5.32 Å². The smallest absolute Gasteiger partial charge is 0.127 e. The minimum atomic E-state index is -0.408. The Balaban J connectivity index is 1.80. The number of aromatic hydroxyl groups is 1. The van der Waals surface area contributed by atoms with Gasteiger partial charge in [0.1, 0.15) is 11.6 Å². The van der Waals surface area contributed by atoms with Crippen LogP contribution in [0, 0.1) is 5.82 Å². The van der Waals surface area contributed by atoms with Crippen molar-refractivity contribution in [2.24, 2.45) is 0 Å². The van der Waals surface area contributed by atoms with Gasteiger partial charge in [-0.2, -0.15) is 0 Å². The maximum absolute atomic E-state index is 12.9. The molecule has 2 N–H and O–H groups in total. The molecule has 88 valence electrons. The summed E-state index contributed by atoms with van der Waals surface area (Å²) in [7, 11) is 0. The van der Waals surface area contributed by atoms with Crippen molar-refractivity contribution in [3.05, 3.63) is 29.6 Å². The summed E-state index contributed by atoms with van der Waals surface area (Å²) in [6, 6.07) is 4.08. The van der Waals surface area contributed by atoms with Crippen LogP contribution in [0.2, 0.25) is 0 Å². The number of ether oxygens (including phenoxy) is 1. The summed E-state index contributed by atoms with van der Waals surface area (Å²) in [5.41, 5.74) is 0.746. The second-order valence-corrected chi connectivity index (χ2v) is 4.08. The zero-order valence-corrected chi connectivity index (χ0v) is 9.08. The first-order valence-corrected chi connectivity index (χ1v) is 5.55. The van der Waals surface area contributed by atoms with Crippen molar-refractivity contribution in [2.75, 3.05) is 13.2 Å². The van der Waals surface area contributed by atoms with Crippen LogP contribution >= 0.6 is 0 Å². The fourth-order valence-corrected chi connectivity index (χ4v) is 1.92. The first-order chi connectivity index (χ1) is 7.74. The lowest BCUT2D eigenvalue weighted by atomic mass is 10.2. The molecule has 1 saturated heterocycles. The van der Waals surface area contributed by atoms with E-state index in [2.05, 4.69) is 5.32 Å². The van der Waals surface area contributed by atoms with Crippen LogP contribution < -0.4 is 5.32 Å². The number of rotatable bonds is 4. The van der Waals surface area contributed by atoms with Crippen LogP contribution in [0.25, 0.3) is 0 Å². The topological polar surface area (TPSA) is 41.5 Å². The normalized spacial score (nSPS) is 20.2. The molecular formula is C12H16FNO2. The standard InChI is InChI=1S/C12H16FNO2/c13-10-4-9(5-11(15)6-10)7-14-8-12-2-1-3-16-12/h4-6,12,14-15H,1-3,7-8H2. The lowest BCUT2D eigenvalue weighted by Crippen LogP contribution is -2.25. The Bertz CT molecular complexity index is 331. The average molecular weight is 225 g/mol. The number of hydrogen-bond acceptors (Lipinski definition) is 3. The molecular weight excluding hydrogens is 209 g/mol. The molecule has 1 heterocycles. The Hall–Kier alpha value is -1.13. The molecule has 1 aromatic rings. The van der Waals surface area contributed by atoms with Gasteiger partial charge in [0.05, 0.1) is 6.10 Å². The van der Waals surface area contributed by atoms with E-state index < -0.39 is 5.82 Å². The predicted molar refractivity (Wildman–Crippen MR) is 58.7 cm³/mol. The fourth-order valence-electron chi connectivity index (χ4n) is 1.92. The van der Waals surface area contributed by atoms with Gasteiger partial charge in [-0.25, -0.2) is 4.39 Å². The molecule has 1 aliphatic rings. The maximum atomic E-state index is 12.9. The Morgan fingerprint density at radius 2 is 2.31 bits per heavy atom. The van der Waals surface area contributed by atoms with E-state index in [1.54, 1.807) is 6.07 Å². The van der Waals surface area contributed by atoms with Crippen molar-refractivity contribution >= 4 is 0 Å². The first-order valence-electron chi connectivity index (χ1n) is 5.55. The van der Waals surface area contributed by atoms with E-state index in [1.807, 2.05) is 0 Å². The van der Waals surface area contributed by atoms with E-state index in [1.165, 1.54) is 6.07 Å². The Labute approximate surface area is 94.2 Å². The molecule has 1 aromatic carbocycles. The van der Waals surface area contributed by atoms with Gasteiger partial charge in [0.15, 0.2) is 0 Å². The van der Waals surface area contributed by atoms with Crippen molar-refractivity contribution in [3.8, 4) is 5.75 Å². The van der Waals surface area contributed by atoms with E-state index in [4.69, 9.17) is 4.74 Å². The van der Waals surface area contributed by atoms with Gasteiger partial charge in [0.2, 0.25) is 0 Å². The third kappa shape index (κ3) is 3.18. The van der Waals surface area contributed by atoms with Crippen LogP contribution in [0.1, 0.15) is 18.4 Å². The molecule has 4 heteroatoms. The molecule has 1 atom stereocenters. The van der Waals surface area contributed by atoms with Gasteiger partial charge in [-0.1, -0.05) is 0 Å². The fraction of sp³-hybridized carbons (Fsp3) is 0.500. The molecule has 2 rings (SSSR count). The molecule has 1 unspecified atom stereocenters. The predicted octanol–water partition coefficient (Wildman–Crippen LogP) is 1.80. The van der Waals surface area contributed by atoms with Gasteiger partial charge in [-0.15, -0.1) is 0 Å². The molecule has 0 saturated carbocycles. The van der Waals surface area contributed by atoms with Crippen LogP contribution in [-0.4, -0.2) is 24.4 Å². The van der Waals surface area contributed by atoms with Crippen molar-refractivity contribution in [3.63, 3.8) is 0 Å². The molecule has 3 nitrogen and oxygen atoms in total. The summed E-state index contributed by atoms with van der Waals surface area (Å²) in [5, 5.41) is 12.4. The quantitative estimate of drug-likeness (QED) is 0.821. The lowest BCUT2D eigenvalue weighted by molar-refractivity contribution is 0.110. The third-order valence-corrected chi connectivity index (χ3v) is 2.67. The Morgan fingerprint density at radius 1 is 1.44 bits per heavy atom. The zero-order chi connectivity index (χ0) is 11.4. The summed E-state index contributed by atoms with van der Waals surface area (Å²) in [4.78, 5) is 0. The summed E-state index contributed by atoms with van der Waals surface area (Å²) in [6.45, 7) is 2.16. The highest BCUT2D eigenvalue weighted by Crippen LogP contribution is 2.15. The summed E-state index contributed by atoms with van der Waals surface area (Å²) in [6.07, 6.45) is 2.48. The van der Waals surface area contributed by atoms with Crippen molar-refractivity contribution in [1.29, 1.82) is 0 Å². The van der Waals surface area contributed by atoms with Gasteiger partial charge in [-0.05, 0) is 30.5 Å². The van der Waals surface area contributed by atoms with Gasteiger partial charge in [0.25, 0.3) is 0 Å². The first kappa shape index (κ1) is 11.4. The van der Waals surface area contributed by atoms with Crippen LogP contribution in [0.4, 0.5) is 4.39 Å². The number of phenolic OH excluding ortho intramolecular Hbond substituents is 1. The summed E-state index contributed by atoms with van der Waals surface area (Å²) < 4.78 is 18.4. The molecule has 1 fully saturated rings. The van der Waals surface area contributed by atoms with E-state index in [0.717, 1.165) is 37.6 Å². The van der Waals surface area contributed by atoms with Crippen molar-refractivity contribution in [2.45, 2.75) is 25.5 Å². The Kier molecular flexibility index (Phi) is 3.74. The van der Waals surface area contributed by atoms with Crippen LogP contribution in [0.15, 0.2) is 18.2 Å². The van der Waals surface area contributed by atoms with Gasteiger partial charge in [-0.3, -0.25) is 0 Å². The summed E-state index contributed by atoms with van der Waals surface area (Å²) >= 11 is 0. The molecule has 0 bridgehead atoms. The van der Waals surface area contributed by atoms with Crippen LogP contribution in [0.5, 0.6) is 5.75 Å². The number of benzene rings is 1. The minimum absolute atomic E-state index is 0.0334. The molecule has 0 amide bonds. The molecule has 0 aromatic heterocycles. The molecule has 1 aliphatic heterocycles.